The van der Waals surface area contributed by atoms with Crippen LogP contribution in [0.5, 0.6) is 5.75 Å². The number of rotatable bonds is 4. The van der Waals surface area contributed by atoms with Crippen molar-refractivity contribution in [2.45, 2.75) is 39.7 Å². The zero-order chi connectivity index (χ0) is 19.6. The molecular weight excluding hydrogens is 348 g/mol. The van der Waals surface area contributed by atoms with Gasteiger partial charge in [-0.3, -0.25) is 9.59 Å². The van der Waals surface area contributed by atoms with Crippen LogP contribution in [0, 0.1) is 6.92 Å². The lowest BCUT2D eigenvalue weighted by molar-refractivity contribution is -0.137. The van der Waals surface area contributed by atoms with Crippen LogP contribution >= 0.6 is 0 Å². The van der Waals surface area contributed by atoms with Crippen LogP contribution in [0.15, 0.2) is 27.4 Å². The van der Waals surface area contributed by atoms with E-state index in [1.165, 1.54) is 6.07 Å². The zero-order valence-electron chi connectivity index (χ0n) is 15.8. The number of hydrogen-bond acceptors (Lipinski definition) is 5. The Hall–Kier alpha value is -2.83. The summed E-state index contributed by atoms with van der Waals surface area (Å²) in [5.41, 5.74) is 1.75. The largest absolute Gasteiger partial charge is 0.480 e. The number of amides is 2. The summed E-state index contributed by atoms with van der Waals surface area (Å²) in [6, 6.07) is 5.10. The normalized spacial score (nSPS) is 16.0. The van der Waals surface area contributed by atoms with Crippen molar-refractivity contribution in [2.24, 2.45) is 0 Å². The maximum Gasteiger partial charge on any atom is 0.336 e. The molecule has 1 aromatic carbocycles. The van der Waals surface area contributed by atoms with Crippen molar-refractivity contribution in [3.8, 4) is 5.75 Å². The predicted molar refractivity (Wildman–Crippen MR) is 101 cm³/mol. The van der Waals surface area contributed by atoms with Crippen LogP contribution in [0.4, 0.5) is 0 Å². The van der Waals surface area contributed by atoms with Crippen molar-refractivity contribution in [1.29, 1.82) is 0 Å². The second-order valence-corrected chi connectivity index (χ2v) is 6.77. The van der Waals surface area contributed by atoms with Crippen LogP contribution in [0.2, 0.25) is 0 Å². The Labute approximate surface area is 157 Å². The third-order valence-electron chi connectivity index (χ3n) is 4.69. The van der Waals surface area contributed by atoms with Gasteiger partial charge in [-0.2, -0.15) is 0 Å². The van der Waals surface area contributed by atoms with E-state index < -0.39 is 11.7 Å². The summed E-state index contributed by atoms with van der Waals surface area (Å²) in [5.74, 6) is 0.304. The molecule has 1 atom stereocenters. The van der Waals surface area contributed by atoms with E-state index >= 15 is 0 Å². The molecule has 1 aliphatic heterocycles. The lowest BCUT2D eigenvalue weighted by Gasteiger charge is -2.24. The Morgan fingerprint density at radius 2 is 2.07 bits per heavy atom. The van der Waals surface area contributed by atoms with Gasteiger partial charge in [0.1, 0.15) is 11.3 Å². The Bertz CT molecular complexity index is 934. The highest BCUT2D eigenvalue weighted by Gasteiger charge is 2.25. The van der Waals surface area contributed by atoms with Gasteiger partial charge in [0, 0.05) is 32.1 Å². The molecule has 0 spiro atoms. The molecule has 0 saturated carbocycles. The third kappa shape index (κ3) is 4.13. The van der Waals surface area contributed by atoms with Crippen LogP contribution in [0.3, 0.4) is 0 Å². The van der Waals surface area contributed by atoms with Crippen LogP contribution < -0.4 is 15.7 Å². The van der Waals surface area contributed by atoms with E-state index in [4.69, 9.17) is 9.15 Å². The standard InChI is InChI=1S/C20H24N2O5/c1-4-14-11-18(24)27-16-10-12(2)9-15(19(14)16)26-13(3)20(25)22-7-5-17(23)21-6-8-22/h9-11,13H,4-8H2,1-3H3,(H,21,23). The molecule has 1 aromatic heterocycles. The zero-order valence-corrected chi connectivity index (χ0v) is 15.8. The van der Waals surface area contributed by atoms with E-state index in [0.29, 0.717) is 37.4 Å². The molecule has 1 saturated heterocycles. The molecule has 1 unspecified atom stereocenters. The first kappa shape index (κ1) is 18.9. The van der Waals surface area contributed by atoms with E-state index in [1.54, 1.807) is 17.9 Å². The average molecular weight is 372 g/mol. The van der Waals surface area contributed by atoms with Gasteiger partial charge in [-0.15, -0.1) is 0 Å². The minimum absolute atomic E-state index is 0.0498. The number of aryl methyl sites for hydroxylation is 2. The molecule has 2 aromatic rings. The Kier molecular flexibility index (Phi) is 5.48. The Morgan fingerprint density at radius 1 is 1.30 bits per heavy atom. The highest BCUT2D eigenvalue weighted by atomic mass is 16.5. The number of ether oxygens (including phenoxy) is 1. The fourth-order valence-corrected chi connectivity index (χ4v) is 3.33. The molecule has 1 N–H and O–H groups in total. The van der Waals surface area contributed by atoms with Gasteiger partial charge in [0.15, 0.2) is 6.10 Å². The van der Waals surface area contributed by atoms with Crippen molar-refractivity contribution < 1.29 is 18.7 Å². The molecule has 1 fully saturated rings. The molecule has 0 radical (unpaired) electrons. The molecule has 7 heteroatoms. The summed E-state index contributed by atoms with van der Waals surface area (Å²) in [7, 11) is 0. The van der Waals surface area contributed by atoms with Gasteiger partial charge in [-0.05, 0) is 43.5 Å². The maximum atomic E-state index is 12.8. The SMILES string of the molecule is CCc1cc(=O)oc2cc(C)cc(OC(C)C(=O)N3CCNC(=O)CC3)c12. The molecule has 3 rings (SSSR count). The highest BCUT2D eigenvalue weighted by molar-refractivity contribution is 5.89. The molecule has 27 heavy (non-hydrogen) atoms. The summed E-state index contributed by atoms with van der Waals surface area (Å²) in [6.45, 7) is 6.80. The first-order valence-electron chi connectivity index (χ1n) is 9.18. The lowest BCUT2D eigenvalue weighted by Crippen LogP contribution is -2.42. The number of carbonyl (C=O) groups is 2. The van der Waals surface area contributed by atoms with Crippen LogP contribution in [-0.4, -0.2) is 42.5 Å². The van der Waals surface area contributed by atoms with Crippen molar-refractivity contribution in [3.63, 3.8) is 0 Å². The molecule has 1 aliphatic rings. The van der Waals surface area contributed by atoms with Crippen LogP contribution in [0.1, 0.15) is 31.4 Å². The minimum atomic E-state index is -0.722. The quantitative estimate of drug-likeness (QED) is 0.827. The van der Waals surface area contributed by atoms with E-state index in [0.717, 1.165) is 16.5 Å². The average Bonchev–Trinajstić information content (AvgIpc) is 2.84. The maximum absolute atomic E-state index is 12.8. The number of fused-ring (bicyclic) bond motifs is 1. The van der Waals surface area contributed by atoms with Crippen LogP contribution in [0.25, 0.3) is 11.0 Å². The molecule has 144 valence electrons. The van der Waals surface area contributed by atoms with Crippen molar-refractivity contribution in [3.05, 3.63) is 39.7 Å². The first-order valence-corrected chi connectivity index (χ1v) is 9.18. The molecule has 0 aliphatic carbocycles. The van der Waals surface area contributed by atoms with Crippen molar-refractivity contribution in [2.75, 3.05) is 19.6 Å². The van der Waals surface area contributed by atoms with E-state index in [-0.39, 0.29) is 18.2 Å². The monoisotopic (exact) mass is 372 g/mol. The van der Waals surface area contributed by atoms with E-state index in [1.807, 2.05) is 19.9 Å². The summed E-state index contributed by atoms with van der Waals surface area (Å²) >= 11 is 0. The van der Waals surface area contributed by atoms with Gasteiger partial charge < -0.3 is 19.4 Å². The summed E-state index contributed by atoms with van der Waals surface area (Å²) < 4.78 is 11.4. The molecule has 7 nitrogen and oxygen atoms in total. The molecule has 2 amide bonds. The third-order valence-corrected chi connectivity index (χ3v) is 4.69. The van der Waals surface area contributed by atoms with Crippen molar-refractivity contribution in [1.82, 2.24) is 10.2 Å². The highest BCUT2D eigenvalue weighted by Crippen LogP contribution is 2.31. The Morgan fingerprint density at radius 3 is 2.81 bits per heavy atom. The first-order chi connectivity index (χ1) is 12.9. The molecule has 0 bridgehead atoms. The van der Waals surface area contributed by atoms with Crippen molar-refractivity contribution >= 4 is 22.8 Å². The van der Waals surface area contributed by atoms with E-state index in [2.05, 4.69) is 5.32 Å². The Balaban J connectivity index is 1.90. The molecule has 2 heterocycles. The van der Waals surface area contributed by atoms with Crippen LogP contribution in [-0.2, 0) is 16.0 Å². The van der Waals surface area contributed by atoms with Gasteiger partial charge in [0.2, 0.25) is 5.91 Å². The van der Waals surface area contributed by atoms with Gasteiger partial charge in [0.25, 0.3) is 5.91 Å². The van der Waals surface area contributed by atoms with Gasteiger partial charge in [-0.25, -0.2) is 4.79 Å². The second kappa shape index (κ2) is 7.82. The minimum Gasteiger partial charge on any atom is -0.480 e. The fourth-order valence-electron chi connectivity index (χ4n) is 3.33. The number of nitrogens with zero attached hydrogens (tertiary/aromatic N) is 1. The topological polar surface area (TPSA) is 88.8 Å². The predicted octanol–water partition coefficient (Wildman–Crippen LogP) is 1.78. The lowest BCUT2D eigenvalue weighted by atomic mass is 10.0. The van der Waals surface area contributed by atoms with E-state index in [9.17, 15) is 14.4 Å². The number of carbonyl (C=O) groups excluding carboxylic acids is 2. The fraction of sp³-hybridized carbons (Fsp3) is 0.450. The number of benzene rings is 1. The second-order valence-electron chi connectivity index (χ2n) is 6.77. The molecular formula is C20H24N2O5. The smallest absolute Gasteiger partial charge is 0.336 e. The number of hydrogen-bond donors (Lipinski definition) is 1. The van der Waals surface area contributed by atoms with Gasteiger partial charge in [0.05, 0.1) is 5.39 Å². The van der Waals surface area contributed by atoms with Gasteiger partial charge in [-0.1, -0.05) is 6.92 Å². The number of nitrogens with one attached hydrogen (secondary N) is 1. The van der Waals surface area contributed by atoms with Gasteiger partial charge >= 0.3 is 5.63 Å². The summed E-state index contributed by atoms with van der Waals surface area (Å²) in [4.78, 5) is 37.7. The summed E-state index contributed by atoms with van der Waals surface area (Å²) in [6.07, 6.45) is 0.209. The summed E-state index contributed by atoms with van der Waals surface area (Å²) in [5, 5.41) is 3.47.